The fourth-order valence-corrected chi connectivity index (χ4v) is 6.08. The summed E-state index contributed by atoms with van der Waals surface area (Å²) in [5.41, 5.74) is 5.36. The minimum Gasteiger partial charge on any atom is -0.388 e. The summed E-state index contributed by atoms with van der Waals surface area (Å²) >= 11 is 0. The number of piperidine rings is 2. The number of aromatic nitrogens is 2. The fraction of sp³-hybridized carbons (Fsp3) is 0.344. The maximum Gasteiger partial charge on any atom is 0.235 e. The Labute approximate surface area is 260 Å². The number of nitriles is 1. The Morgan fingerprint density at radius 1 is 1.09 bits per heavy atom. The van der Waals surface area contributed by atoms with Crippen molar-refractivity contribution >= 4 is 57.9 Å². The van der Waals surface area contributed by atoms with Crippen LogP contribution in [0.5, 0.6) is 0 Å². The second-order valence-electron chi connectivity index (χ2n) is 11.5. The first-order valence-electron chi connectivity index (χ1n) is 14.9. The number of hydrogen-bond acceptors (Lipinski definition) is 11. The van der Waals surface area contributed by atoms with Crippen LogP contribution in [-0.4, -0.2) is 66.6 Å². The first-order valence-corrected chi connectivity index (χ1v) is 14.9. The van der Waals surface area contributed by atoms with E-state index in [1.165, 1.54) is 6.20 Å². The molecular weight excluding hydrogens is 572 g/mol. The van der Waals surface area contributed by atoms with Crippen LogP contribution in [0.2, 0.25) is 0 Å². The predicted molar refractivity (Wildman–Crippen MR) is 171 cm³/mol. The van der Waals surface area contributed by atoms with Gasteiger partial charge in [-0.3, -0.25) is 19.7 Å². The Balaban J connectivity index is 1.09. The third-order valence-electron chi connectivity index (χ3n) is 8.63. The number of imide groups is 1. The summed E-state index contributed by atoms with van der Waals surface area (Å²) in [6.45, 7) is 1.43. The number of hydrogen-bond donors (Lipinski definition) is 5. The molecule has 45 heavy (non-hydrogen) atoms. The van der Waals surface area contributed by atoms with Crippen molar-refractivity contribution in [2.45, 2.75) is 38.1 Å². The van der Waals surface area contributed by atoms with Crippen LogP contribution in [-0.2, 0) is 20.8 Å². The molecule has 0 bridgehead atoms. The number of likely N-dealkylation sites (N-methyl/N-ethyl adjacent to an activating group) is 1. The summed E-state index contributed by atoms with van der Waals surface area (Å²) in [7, 11) is 3.54. The number of nitrogens with zero attached hydrogens (tertiary/aromatic N) is 5. The van der Waals surface area contributed by atoms with Crippen LogP contribution in [0.1, 0.15) is 42.4 Å². The van der Waals surface area contributed by atoms with E-state index in [2.05, 4.69) is 37.2 Å². The number of nitrogens with one attached hydrogen (secondary N) is 5. The number of anilines is 6. The third kappa shape index (κ3) is 5.99. The van der Waals surface area contributed by atoms with Crippen molar-refractivity contribution in [1.82, 2.24) is 15.3 Å². The highest BCUT2D eigenvalue weighted by Gasteiger charge is 2.32. The lowest BCUT2D eigenvalue weighted by molar-refractivity contribution is -0.134. The minimum absolute atomic E-state index is 0.0480. The molecule has 4 heterocycles. The van der Waals surface area contributed by atoms with Gasteiger partial charge in [0.2, 0.25) is 23.7 Å². The summed E-state index contributed by atoms with van der Waals surface area (Å²) in [5.74, 6) is -0.363. The molecule has 3 aliphatic rings. The van der Waals surface area contributed by atoms with Gasteiger partial charge < -0.3 is 31.2 Å². The van der Waals surface area contributed by atoms with E-state index in [-0.39, 0.29) is 30.0 Å². The fourth-order valence-electron chi connectivity index (χ4n) is 6.08. The largest absolute Gasteiger partial charge is 0.388 e. The molecule has 0 spiro atoms. The Bertz CT molecular complexity index is 1740. The highest BCUT2D eigenvalue weighted by atomic mass is 16.2. The Morgan fingerprint density at radius 3 is 2.60 bits per heavy atom. The SMILES string of the molecule is CNc1cc(NC2CCN(c3ncc(C#N)c(Nc4ccc5c(c4)CC(=O)N5C)n3)CC2)ccc1C(=N)C1CCC(=O)NC1=O. The molecule has 2 saturated heterocycles. The van der Waals surface area contributed by atoms with E-state index in [0.717, 1.165) is 41.2 Å². The molecule has 13 nitrogen and oxygen atoms in total. The average molecular weight is 607 g/mol. The minimum atomic E-state index is -0.654. The molecule has 0 radical (unpaired) electrons. The molecule has 0 aliphatic carbocycles. The summed E-state index contributed by atoms with van der Waals surface area (Å²) < 4.78 is 0. The Morgan fingerprint density at radius 2 is 1.87 bits per heavy atom. The smallest absolute Gasteiger partial charge is 0.235 e. The van der Waals surface area contributed by atoms with Crippen LogP contribution in [0.15, 0.2) is 42.6 Å². The molecule has 1 unspecified atom stereocenters. The predicted octanol–water partition coefficient (Wildman–Crippen LogP) is 3.15. The molecule has 1 aromatic heterocycles. The molecule has 5 N–H and O–H groups in total. The highest BCUT2D eigenvalue weighted by Crippen LogP contribution is 2.32. The molecule has 6 rings (SSSR count). The van der Waals surface area contributed by atoms with Crippen molar-refractivity contribution in [3.05, 3.63) is 59.3 Å². The van der Waals surface area contributed by atoms with Gasteiger partial charge in [-0.15, -0.1) is 0 Å². The number of rotatable bonds is 8. The van der Waals surface area contributed by atoms with Crippen molar-refractivity contribution in [3.63, 3.8) is 0 Å². The molecule has 0 saturated carbocycles. The van der Waals surface area contributed by atoms with Crippen LogP contribution in [0.4, 0.5) is 34.5 Å². The third-order valence-corrected chi connectivity index (χ3v) is 8.63. The van der Waals surface area contributed by atoms with Gasteiger partial charge in [-0.1, -0.05) is 0 Å². The van der Waals surface area contributed by atoms with Crippen LogP contribution in [0.3, 0.4) is 0 Å². The van der Waals surface area contributed by atoms with Gasteiger partial charge in [0.25, 0.3) is 0 Å². The van der Waals surface area contributed by atoms with Gasteiger partial charge in [-0.05, 0) is 61.2 Å². The number of carbonyl (C=O) groups is 3. The second-order valence-corrected chi connectivity index (χ2v) is 11.5. The first kappa shape index (κ1) is 29.6. The van der Waals surface area contributed by atoms with Crippen LogP contribution in [0, 0.1) is 22.7 Å². The van der Waals surface area contributed by atoms with E-state index in [9.17, 15) is 19.6 Å². The Kier molecular flexibility index (Phi) is 8.04. The summed E-state index contributed by atoms with van der Waals surface area (Å²) in [4.78, 5) is 48.9. The van der Waals surface area contributed by atoms with Gasteiger partial charge >= 0.3 is 0 Å². The molecule has 2 fully saturated rings. The van der Waals surface area contributed by atoms with Crippen LogP contribution < -0.4 is 31.1 Å². The number of carbonyl (C=O) groups excluding carboxylic acids is 3. The van der Waals surface area contributed by atoms with Gasteiger partial charge in [-0.2, -0.15) is 10.2 Å². The van der Waals surface area contributed by atoms with E-state index < -0.39 is 11.8 Å². The molecule has 2 aromatic carbocycles. The van der Waals surface area contributed by atoms with Crippen molar-refractivity contribution in [2.75, 3.05) is 52.9 Å². The zero-order chi connectivity index (χ0) is 31.7. The van der Waals surface area contributed by atoms with E-state index in [1.54, 1.807) is 19.0 Å². The van der Waals surface area contributed by atoms with Crippen molar-refractivity contribution in [3.8, 4) is 6.07 Å². The number of amides is 3. The molecule has 3 aliphatic heterocycles. The molecule has 230 valence electrons. The van der Waals surface area contributed by atoms with Crippen molar-refractivity contribution in [2.24, 2.45) is 5.92 Å². The topological polar surface area (TPSA) is 179 Å². The Hall–Kier alpha value is -5.51. The highest BCUT2D eigenvalue weighted by molar-refractivity contribution is 6.17. The normalized spacial score (nSPS) is 18.2. The average Bonchev–Trinajstić information content (AvgIpc) is 3.33. The van der Waals surface area contributed by atoms with E-state index in [4.69, 9.17) is 10.4 Å². The number of fused-ring (bicyclic) bond motifs is 1. The molecule has 3 amide bonds. The monoisotopic (exact) mass is 606 g/mol. The standard InChI is InChI=1S/C32H34N10O3/c1-35-25-15-22(3-5-23(25)29(34)24-6-8-27(43)39-31(24)45)37-20-9-11-42(12-10-20)32-36-17-19(16-33)30(40-32)38-21-4-7-26-18(13-21)14-28(44)41(26)2/h3-5,7,13,15,17,20,24,34-35,37H,6,8-12,14H2,1-2H3,(H,36,38,40)(H,39,43,45). The summed E-state index contributed by atoms with van der Waals surface area (Å²) in [5, 5.41) is 30.7. The van der Waals surface area contributed by atoms with Gasteiger partial charge in [0, 0.05) is 68.0 Å². The molecule has 3 aromatic rings. The molecular formula is C32H34N10O3. The lowest BCUT2D eigenvalue weighted by Crippen LogP contribution is -2.44. The maximum absolute atomic E-state index is 12.3. The first-order chi connectivity index (χ1) is 21.7. The van der Waals surface area contributed by atoms with Crippen LogP contribution >= 0.6 is 0 Å². The van der Waals surface area contributed by atoms with Gasteiger partial charge in [-0.25, -0.2) is 4.98 Å². The van der Waals surface area contributed by atoms with Gasteiger partial charge in [0.15, 0.2) is 5.82 Å². The van der Waals surface area contributed by atoms with Crippen LogP contribution in [0.25, 0.3) is 0 Å². The summed E-state index contributed by atoms with van der Waals surface area (Å²) in [6, 6.07) is 13.7. The van der Waals surface area contributed by atoms with E-state index >= 15 is 0 Å². The van der Waals surface area contributed by atoms with E-state index in [0.29, 0.717) is 48.8 Å². The second kappa shape index (κ2) is 12.2. The number of benzene rings is 2. The zero-order valence-electron chi connectivity index (χ0n) is 25.1. The van der Waals surface area contributed by atoms with Crippen molar-refractivity contribution in [1.29, 1.82) is 10.7 Å². The van der Waals surface area contributed by atoms with E-state index in [1.807, 2.05) is 36.4 Å². The lowest BCUT2D eigenvalue weighted by atomic mass is 9.88. The van der Waals surface area contributed by atoms with Crippen molar-refractivity contribution < 1.29 is 14.4 Å². The molecule has 13 heteroatoms. The van der Waals surface area contributed by atoms with Gasteiger partial charge in [0.05, 0.1) is 24.2 Å². The lowest BCUT2D eigenvalue weighted by Gasteiger charge is -2.33. The quantitative estimate of drug-likeness (QED) is 0.189. The maximum atomic E-state index is 12.3. The zero-order valence-corrected chi connectivity index (χ0v) is 25.1. The van der Waals surface area contributed by atoms with Gasteiger partial charge in [0.1, 0.15) is 11.6 Å². The summed E-state index contributed by atoms with van der Waals surface area (Å²) in [6.07, 6.45) is 4.11. The molecule has 1 atom stereocenters.